The minimum atomic E-state index is 1.37. The molecule has 0 nitrogen and oxygen atoms in total. The first-order valence-corrected chi connectivity index (χ1v) is 11.6. The molecule has 2 aromatic rings. The van der Waals surface area contributed by atoms with Crippen molar-refractivity contribution in [3.8, 4) is 0 Å². The predicted octanol–water partition coefficient (Wildman–Crippen LogP) is 6.36. The van der Waals surface area contributed by atoms with Crippen LogP contribution < -0.4 is 0 Å². The molecule has 0 heterocycles. The molecule has 0 N–H and O–H groups in total. The normalized spacial score (nSPS) is 21.7. The summed E-state index contributed by atoms with van der Waals surface area (Å²) in [5.74, 6) is 0. The standard InChI is InChI=1S/C26H32/c1-5-13-21-17(9-1)18-10-2-6-14-22(18)26-24-16-8-4-12-20(24)19-11-3-7-15-23(19)25(21)26/h1-16H2. The van der Waals surface area contributed by atoms with Crippen molar-refractivity contribution in [1.29, 1.82) is 0 Å². The molecule has 26 heavy (non-hydrogen) atoms. The smallest absolute Gasteiger partial charge is 0.0108 e. The van der Waals surface area contributed by atoms with E-state index in [0.717, 1.165) is 0 Å². The van der Waals surface area contributed by atoms with E-state index in [0.29, 0.717) is 0 Å². The van der Waals surface area contributed by atoms with E-state index >= 15 is 0 Å². The molecule has 4 aliphatic rings. The molecular formula is C26H32. The zero-order valence-electron chi connectivity index (χ0n) is 16.3. The first kappa shape index (κ1) is 15.7. The van der Waals surface area contributed by atoms with E-state index in [4.69, 9.17) is 0 Å². The van der Waals surface area contributed by atoms with Gasteiger partial charge >= 0.3 is 0 Å². The quantitative estimate of drug-likeness (QED) is 0.522. The zero-order chi connectivity index (χ0) is 17.1. The van der Waals surface area contributed by atoms with Crippen LogP contribution in [0.1, 0.15) is 95.9 Å². The molecular weight excluding hydrogens is 312 g/mol. The van der Waals surface area contributed by atoms with Gasteiger partial charge in [0.25, 0.3) is 0 Å². The number of aryl methyl sites for hydroxylation is 4. The fourth-order valence-electron chi connectivity index (χ4n) is 7.02. The Hall–Kier alpha value is -1.30. The average molecular weight is 345 g/mol. The maximum Gasteiger partial charge on any atom is -0.0108 e. The largest absolute Gasteiger partial charge is 0.0489 e. The summed E-state index contributed by atoms with van der Waals surface area (Å²) < 4.78 is 0. The minimum Gasteiger partial charge on any atom is -0.0489 e. The molecule has 0 bridgehead atoms. The fourth-order valence-corrected chi connectivity index (χ4v) is 7.02. The molecule has 0 spiro atoms. The topological polar surface area (TPSA) is 0 Å². The van der Waals surface area contributed by atoms with E-state index in [1.165, 1.54) is 103 Å². The van der Waals surface area contributed by atoms with Crippen molar-refractivity contribution in [2.45, 2.75) is 103 Å². The highest BCUT2D eigenvalue weighted by Crippen LogP contribution is 2.46. The van der Waals surface area contributed by atoms with Gasteiger partial charge in [-0.3, -0.25) is 0 Å². The van der Waals surface area contributed by atoms with Crippen LogP contribution in [0.15, 0.2) is 0 Å². The number of fused-ring (bicyclic) bond motifs is 11. The molecule has 0 aromatic heterocycles. The molecule has 0 fully saturated rings. The van der Waals surface area contributed by atoms with Crippen LogP contribution in [0.5, 0.6) is 0 Å². The molecule has 6 rings (SSSR count). The van der Waals surface area contributed by atoms with Crippen molar-refractivity contribution in [3.05, 3.63) is 44.5 Å². The highest BCUT2D eigenvalue weighted by atomic mass is 14.3. The molecule has 0 radical (unpaired) electrons. The fraction of sp³-hybridized carbons (Fsp3) is 0.615. The van der Waals surface area contributed by atoms with Crippen LogP contribution in [-0.4, -0.2) is 0 Å². The van der Waals surface area contributed by atoms with Crippen LogP contribution in [0, 0.1) is 0 Å². The maximum atomic E-state index is 1.84. The average Bonchev–Trinajstić information content (AvgIpc) is 2.73. The lowest BCUT2D eigenvalue weighted by Gasteiger charge is -2.35. The van der Waals surface area contributed by atoms with E-state index in [1.54, 1.807) is 0 Å². The molecule has 136 valence electrons. The van der Waals surface area contributed by atoms with Crippen molar-refractivity contribution in [1.82, 2.24) is 0 Å². The van der Waals surface area contributed by atoms with Gasteiger partial charge in [0.05, 0.1) is 0 Å². The van der Waals surface area contributed by atoms with Crippen molar-refractivity contribution >= 4 is 10.8 Å². The Morgan fingerprint density at radius 2 is 0.423 bits per heavy atom. The predicted molar refractivity (Wildman–Crippen MR) is 111 cm³/mol. The van der Waals surface area contributed by atoms with Crippen LogP contribution in [0.25, 0.3) is 10.8 Å². The molecule has 2 aromatic carbocycles. The third-order valence-electron chi connectivity index (χ3n) is 8.06. The number of hydrogen-bond acceptors (Lipinski definition) is 0. The Morgan fingerprint density at radius 1 is 0.231 bits per heavy atom. The summed E-state index contributed by atoms with van der Waals surface area (Å²) in [7, 11) is 0. The summed E-state index contributed by atoms with van der Waals surface area (Å²) in [6.45, 7) is 0. The van der Waals surface area contributed by atoms with Crippen LogP contribution in [0.3, 0.4) is 0 Å². The van der Waals surface area contributed by atoms with Gasteiger partial charge in [-0.05, 0) is 158 Å². The Labute approximate surface area is 158 Å². The second-order valence-electron chi connectivity index (χ2n) is 9.41. The van der Waals surface area contributed by atoms with Crippen LogP contribution in [0.4, 0.5) is 0 Å². The molecule has 4 aliphatic carbocycles. The van der Waals surface area contributed by atoms with Gasteiger partial charge in [-0.25, -0.2) is 0 Å². The molecule has 0 unspecified atom stereocenters. The minimum absolute atomic E-state index is 1.37. The van der Waals surface area contributed by atoms with Gasteiger partial charge < -0.3 is 0 Å². The van der Waals surface area contributed by atoms with Gasteiger partial charge in [0, 0.05) is 0 Å². The van der Waals surface area contributed by atoms with Gasteiger partial charge in [-0.1, -0.05) is 0 Å². The van der Waals surface area contributed by atoms with Crippen molar-refractivity contribution in [2.75, 3.05) is 0 Å². The highest BCUT2D eigenvalue weighted by Gasteiger charge is 2.30. The molecule has 0 atom stereocenters. The van der Waals surface area contributed by atoms with E-state index in [9.17, 15) is 0 Å². The molecule has 0 amide bonds. The van der Waals surface area contributed by atoms with Crippen LogP contribution >= 0.6 is 0 Å². The number of hydrogen-bond donors (Lipinski definition) is 0. The van der Waals surface area contributed by atoms with Gasteiger partial charge in [0.1, 0.15) is 0 Å². The Balaban J connectivity index is 1.80. The van der Waals surface area contributed by atoms with E-state index in [2.05, 4.69) is 0 Å². The Bertz CT molecular complexity index is 754. The van der Waals surface area contributed by atoms with Crippen LogP contribution in [0.2, 0.25) is 0 Å². The first-order chi connectivity index (χ1) is 12.9. The lowest BCUT2D eigenvalue weighted by molar-refractivity contribution is 0.632. The lowest BCUT2D eigenvalue weighted by Crippen LogP contribution is -2.20. The second kappa shape index (κ2) is 6.11. The Morgan fingerprint density at radius 3 is 0.654 bits per heavy atom. The number of benzene rings is 2. The second-order valence-corrected chi connectivity index (χ2v) is 9.41. The summed E-state index contributed by atoms with van der Waals surface area (Å²) in [4.78, 5) is 0. The molecule has 0 aliphatic heterocycles. The van der Waals surface area contributed by atoms with E-state index in [1.807, 2.05) is 55.3 Å². The molecule has 0 saturated heterocycles. The monoisotopic (exact) mass is 344 g/mol. The first-order valence-electron chi connectivity index (χ1n) is 11.6. The summed E-state index contributed by atoms with van der Waals surface area (Å²) in [6.07, 6.45) is 22.4. The summed E-state index contributed by atoms with van der Waals surface area (Å²) in [5, 5.41) is 3.63. The maximum absolute atomic E-state index is 1.84. The van der Waals surface area contributed by atoms with Gasteiger partial charge in [-0.2, -0.15) is 0 Å². The van der Waals surface area contributed by atoms with Crippen LogP contribution in [-0.2, 0) is 51.4 Å². The third kappa shape index (κ3) is 2.14. The molecule has 0 heteroatoms. The third-order valence-corrected chi connectivity index (χ3v) is 8.06. The summed E-state index contributed by atoms with van der Waals surface area (Å²) in [5.41, 5.74) is 14.7. The Kier molecular flexibility index (Phi) is 3.70. The molecule has 0 saturated carbocycles. The van der Waals surface area contributed by atoms with Gasteiger partial charge in [-0.15, -0.1) is 0 Å². The lowest BCUT2D eigenvalue weighted by atomic mass is 9.70. The van der Waals surface area contributed by atoms with Gasteiger partial charge in [0.2, 0.25) is 0 Å². The van der Waals surface area contributed by atoms with Crippen molar-refractivity contribution in [2.24, 2.45) is 0 Å². The van der Waals surface area contributed by atoms with E-state index in [-0.39, 0.29) is 0 Å². The zero-order valence-corrected chi connectivity index (χ0v) is 16.3. The van der Waals surface area contributed by atoms with E-state index < -0.39 is 0 Å². The van der Waals surface area contributed by atoms with Crippen molar-refractivity contribution in [3.63, 3.8) is 0 Å². The highest BCUT2D eigenvalue weighted by molar-refractivity contribution is 5.98. The SMILES string of the molecule is C1CCc2c(c3c(c4c5c(c6c(c24)CCCC6)CCCC5)CCCC3)C1. The number of rotatable bonds is 0. The van der Waals surface area contributed by atoms with Crippen molar-refractivity contribution < 1.29 is 0 Å². The summed E-state index contributed by atoms with van der Waals surface area (Å²) >= 11 is 0. The summed E-state index contributed by atoms with van der Waals surface area (Å²) in [6, 6.07) is 0. The van der Waals surface area contributed by atoms with Gasteiger partial charge in [0.15, 0.2) is 0 Å².